The van der Waals surface area contributed by atoms with Crippen LogP contribution in [0.2, 0.25) is 0 Å². The topological polar surface area (TPSA) is 44.3 Å². The molecule has 0 bridgehead atoms. The van der Waals surface area contributed by atoms with Crippen LogP contribution in [0, 0.1) is 0 Å². The summed E-state index contributed by atoms with van der Waals surface area (Å²) in [5, 5.41) is 15.3. The molecule has 3 nitrogen and oxygen atoms in total. The molecule has 0 aromatic carbocycles. The van der Waals surface area contributed by atoms with Crippen molar-refractivity contribution in [2.24, 2.45) is 0 Å². The van der Waals surface area contributed by atoms with E-state index in [-0.39, 0.29) is 0 Å². The van der Waals surface area contributed by atoms with Crippen molar-refractivity contribution in [3.8, 4) is 0 Å². The van der Waals surface area contributed by atoms with Crippen molar-refractivity contribution in [3.63, 3.8) is 0 Å². The monoisotopic (exact) mass is 186 g/mol. The lowest BCUT2D eigenvalue weighted by molar-refractivity contribution is 0.285. The Morgan fingerprint density at radius 2 is 1.85 bits per heavy atom. The molecule has 1 aliphatic carbocycles. The van der Waals surface area contributed by atoms with Crippen molar-refractivity contribution < 1.29 is 5.11 Å². The van der Waals surface area contributed by atoms with Gasteiger partial charge in [-0.3, -0.25) is 0 Å². The number of aliphatic hydroxyl groups is 1. The highest BCUT2D eigenvalue weighted by atomic mass is 16.3. The second-order valence-electron chi connectivity index (χ2n) is 3.76. The minimum Gasteiger partial charge on any atom is -0.396 e. The Morgan fingerprint density at radius 1 is 1.08 bits per heavy atom. The minimum atomic E-state index is 0.299. The van der Waals surface area contributed by atoms with Crippen molar-refractivity contribution in [2.75, 3.05) is 26.2 Å². The van der Waals surface area contributed by atoms with E-state index in [1.807, 2.05) is 0 Å². The zero-order chi connectivity index (χ0) is 9.36. The number of hydrogen-bond acceptors (Lipinski definition) is 3. The van der Waals surface area contributed by atoms with Gasteiger partial charge in [0.05, 0.1) is 0 Å². The smallest absolute Gasteiger partial charge is 0.0443 e. The van der Waals surface area contributed by atoms with Gasteiger partial charge in [-0.05, 0) is 45.3 Å². The van der Waals surface area contributed by atoms with Crippen LogP contribution < -0.4 is 10.6 Å². The number of hydrogen-bond donors (Lipinski definition) is 3. The second kappa shape index (κ2) is 7.30. The fourth-order valence-corrected chi connectivity index (χ4v) is 1.46. The first-order valence-electron chi connectivity index (χ1n) is 5.48. The van der Waals surface area contributed by atoms with Gasteiger partial charge in [-0.2, -0.15) is 0 Å². The molecular formula is C10H22N2O. The largest absolute Gasteiger partial charge is 0.396 e. The van der Waals surface area contributed by atoms with E-state index in [2.05, 4.69) is 10.6 Å². The van der Waals surface area contributed by atoms with E-state index >= 15 is 0 Å². The first-order valence-corrected chi connectivity index (χ1v) is 5.48. The number of rotatable bonds is 8. The summed E-state index contributed by atoms with van der Waals surface area (Å²) in [6.07, 6.45) is 6.22. The van der Waals surface area contributed by atoms with Gasteiger partial charge in [0.15, 0.2) is 0 Å². The zero-order valence-electron chi connectivity index (χ0n) is 8.39. The van der Waals surface area contributed by atoms with Crippen molar-refractivity contribution >= 4 is 0 Å². The first-order chi connectivity index (χ1) is 6.43. The summed E-state index contributed by atoms with van der Waals surface area (Å²) in [5.74, 6) is 0. The van der Waals surface area contributed by atoms with Crippen molar-refractivity contribution in [1.82, 2.24) is 10.6 Å². The lowest BCUT2D eigenvalue weighted by Gasteiger charge is -2.26. The summed E-state index contributed by atoms with van der Waals surface area (Å²) in [5.41, 5.74) is 0. The summed E-state index contributed by atoms with van der Waals surface area (Å²) in [4.78, 5) is 0. The molecule has 1 rings (SSSR count). The standard InChI is InChI=1S/C10H22N2O/c13-9-3-7-11-6-2-8-12-10-4-1-5-10/h10-13H,1-9H2. The summed E-state index contributed by atoms with van der Waals surface area (Å²) in [6, 6.07) is 0.817. The first kappa shape index (κ1) is 11.0. The van der Waals surface area contributed by atoms with Crippen molar-refractivity contribution in [2.45, 2.75) is 38.1 Å². The maximum absolute atomic E-state index is 8.53. The summed E-state index contributed by atoms with van der Waals surface area (Å²) < 4.78 is 0. The molecule has 0 heterocycles. The Morgan fingerprint density at radius 3 is 2.46 bits per heavy atom. The minimum absolute atomic E-state index is 0.299. The quantitative estimate of drug-likeness (QED) is 0.483. The highest BCUT2D eigenvalue weighted by Gasteiger charge is 2.15. The summed E-state index contributed by atoms with van der Waals surface area (Å²) >= 11 is 0. The molecule has 0 atom stereocenters. The van der Waals surface area contributed by atoms with E-state index in [1.54, 1.807) is 0 Å². The van der Waals surface area contributed by atoms with Crippen LogP contribution in [0.25, 0.3) is 0 Å². The molecule has 13 heavy (non-hydrogen) atoms. The van der Waals surface area contributed by atoms with Crippen molar-refractivity contribution in [3.05, 3.63) is 0 Å². The van der Waals surface area contributed by atoms with Crippen LogP contribution in [0.3, 0.4) is 0 Å². The van der Waals surface area contributed by atoms with Crippen LogP contribution in [0.5, 0.6) is 0 Å². The third-order valence-corrected chi connectivity index (χ3v) is 2.58. The molecule has 0 aromatic heterocycles. The third kappa shape index (κ3) is 5.24. The Kier molecular flexibility index (Phi) is 6.15. The van der Waals surface area contributed by atoms with E-state index in [1.165, 1.54) is 25.7 Å². The highest BCUT2D eigenvalue weighted by Crippen LogP contribution is 2.17. The number of nitrogens with one attached hydrogen (secondary N) is 2. The van der Waals surface area contributed by atoms with Gasteiger partial charge >= 0.3 is 0 Å². The van der Waals surface area contributed by atoms with Crippen molar-refractivity contribution in [1.29, 1.82) is 0 Å². The van der Waals surface area contributed by atoms with Gasteiger partial charge in [0.25, 0.3) is 0 Å². The van der Waals surface area contributed by atoms with E-state index in [4.69, 9.17) is 5.11 Å². The molecule has 1 saturated carbocycles. The third-order valence-electron chi connectivity index (χ3n) is 2.58. The van der Waals surface area contributed by atoms with E-state index in [9.17, 15) is 0 Å². The number of aliphatic hydroxyl groups excluding tert-OH is 1. The van der Waals surface area contributed by atoms with Crippen LogP contribution in [0.15, 0.2) is 0 Å². The molecule has 78 valence electrons. The SMILES string of the molecule is OCCCNCCCNC1CCC1. The van der Waals surface area contributed by atoms with Crippen LogP contribution in [0.1, 0.15) is 32.1 Å². The van der Waals surface area contributed by atoms with Gasteiger partial charge in [-0.1, -0.05) is 6.42 Å². The molecule has 3 heteroatoms. The molecule has 0 aliphatic heterocycles. The highest BCUT2D eigenvalue weighted by molar-refractivity contribution is 4.75. The fourth-order valence-electron chi connectivity index (χ4n) is 1.46. The maximum atomic E-state index is 8.53. The second-order valence-corrected chi connectivity index (χ2v) is 3.76. The maximum Gasteiger partial charge on any atom is 0.0443 e. The predicted octanol–water partition coefficient (Wildman–Crippen LogP) is 0.491. The lowest BCUT2D eigenvalue weighted by atomic mass is 9.93. The molecule has 0 saturated heterocycles. The molecule has 0 spiro atoms. The molecule has 0 radical (unpaired) electrons. The molecule has 1 fully saturated rings. The Balaban J connectivity index is 1.68. The zero-order valence-corrected chi connectivity index (χ0v) is 8.39. The molecule has 0 aromatic rings. The summed E-state index contributed by atoms with van der Waals surface area (Å²) in [6.45, 7) is 3.45. The molecule has 0 unspecified atom stereocenters. The van der Waals surface area contributed by atoms with Gasteiger partial charge in [0, 0.05) is 12.6 Å². The molecular weight excluding hydrogens is 164 g/mol. The van der Waals surface area contributed by atoms with Gasteiger partial charge < -0.3 is 15.7 Å². The fraction of sp³-hybridized carbons (Fsp3) is 1.00. The van der Waals surface area contributed by atoms with Crippen LogP contribution >= 0.6 is 0 Å². The lowest BCUT2D eigenvalue weighted by Crippen LogP contribution is -2.36. The average molecular weight is 186 g/mol. The van der Waals surface area contributed by atoms with Crippen LogP contribution in [-0.2, 0) is 0 Å². The molecule has 3 N–H and O–H groups in total. The Hall–Kier alpha value is -0.120. The Bertz CT molecular complexity index is 115. The van der Waals surface area contributed by atoms with Gasteiger partial charge in [0.2, 0.25) is 0 Å². The summed E-state index contributed by atoms with van der Waals surface area (Å²) in [7, 11) is 0. The van der Waals surface area contributed by atoms with Crippen LogP contribution in [-0.4, -0.2) is 37.4 Å². The van der Waals surface area contributed by atoms with E-state index in [0.29, 0.717) is 6.61 Å². The van der Waals surface area contributed by atoms with E-state index in [0.717, 1.165) is 32.1 Å². The van der Waals surface area contributed by atoms with Gasteiger partial charge in [0.1, 0.15) is 0 Å². The normalized spacial score (nSPS) is 17.3. The average Bonchev–Trinajstić information content (AvgIpc) is 2.07. The van der Waals surface area contributed by atoms with E-state index < -0.39 is 0 Å². The van der Waals surface area contributed by atoms with Gasteiger partial charge in [-0.15, -0.1) is 0 Å². The predicted molar refractivity (Wildman–Crippen MR) is 54.8 cm³/mol. The molecule has 0 amide bonds. The Labute approximate surface area is 80.9 Å². The van der Waals surface area contributed by atoms with Crippen LogP contribution in [0.4, 0.5) is 0 Å². The van der Waals surface area contributed by atoms with Gasteiger partial charge in [-0.25, -0.2) is 0 Å². The molecule has 1 aliphatic rings.